The largest absolute Gasteiger partial charge is 0.296 e. The van der Waals surface area contributed by atoms with Gasteiger partial charge in [-0.3, -0.25) is 9.47 Å². The lowest BCUT2D eigenvalue weighted by Gasteiger charge is -2.16. The molecule has 1 aliphatic rings. The second-order valence-corrected chi connectivity index (χ2v) is 7.85. The fourth-order valence-electron chi connectivity index (χ4n) is 3.25. The molecule has 1 aromatic heterocycles. The molecule has 0 spiro atoms. The van der Waals surface area contributed by atoms with Crippen molar-refractivity contribution < 1.29 is 0 Å². The Labute approximate surface area is 163 Å². The number of hydrogen-bond acceptors (Lipinski definition) is 4. The minimum Gasteiger partial charge on any atom is -0.296 e. The van der Waals surface area contributed by atoms with Crippen LogP contribution in [0.15, 0.2) is 59.8 Å². The third-order valence-corrected chi connectivity index (χ3v) is 5.77. The van der Waals surface area contributed by atoms with Gasteiger partial charge in [0.15, 0.2) is 11.0 Å². The zero-order valence-corrected chi connectivity index (χ0v) is 16.1. The number of rotatable bonds is 6. The molecular formula is C20H21ClN4S. The highest BCUT2D eigenvalue weighted by Gasteiger charge is 2.19. The summed E-state index contributed by atoms with van der Waals surface area (Å²) in [7, 11) is 0. The number of nitrogens with zero attached hydrogens (tertiary/aromatic N) is 4. The molecule has 0 N–H and O–H groups in total. The predicted octanol–water partition coefficient (Wildman–Crippen LogP) is 4.81. The third kappa shape index (κ3) is 4.11. The SMILES string of the molecule is Clc1cccc(CSc2nnc(CN3CCCC3)n2-c2ccccc2)c1. The second kappa shape index (κ2) is 8.25. The van der Waals surface area contributed by atoms with E-state index in [1.807, 2.05) is 24.3 Å². The lowest BCUT2D eigenvalue weighted by atomic mass is 10.2. The van der Waals surface area contributed by atoms with E-state index in [0.29, 0.717) is 0 Å². The zero-order valence-electron chi connectivity index (χ0n) is 14.5. The first-order valence-electron chi connectivity index (χ1n) is 8.89. The lowest BCUT2D eigenvalue weighted by Crippen LogP contribution is -2.21. The van der Waals surface area contributed by atoms with Gasteiger partial charge >= 0.3 is 0 Å². The molecule has 0 bridgehead atoms. The molecule has 6 heteroatoms. The van der Waals surface area contributed by atoms with Crippen LogP contribution in [0.25, 0.3) is 5.69 Å². The second-order valence-electron chi connectivity index (χ2n) is 6.47. The van der Waals surface area contributed by atoms with Gasteiger partial charge in [-0.1, -0.05) is 53.7 Å². The molecule has 4 nitrogen and oxygen atoms in total. The Bertz CT molecular complexity index is 859. The predicted molar refractivity (Wildman–Crippen MR) is 107 cm³/mol. The molecule has 0 amide bonds. The van der Waals surface area contributed by atoms with E-state index in [-0.39, 0.29) is 0 Å². The Balaban J connectivity index is 1.60. The van der Waals surface area contributed by atoms with E-state index in [0.717, 1.165) is 47.1 Å². The van der Waals surface area contributed by atoms with Gasteiger partial charge < -0.3 is 0 Å². The van der Waals surface area contributed by atoms with Gasteiger partial charge in [-0.05, 0) is 55.8 Å². The third-order valence-electron chi connectivity index (χ3n) is 4.54. The standard InChI is InChI=1S/C20H21ClN4S/c21-17-8-6-7-16(13-17)15-26-20-23-22-19(14-24-11-4-5-12-24)25(20)18-9-2-1-3-10-18/h1-3,6-10,13H,4-5,11-12,14-15H2. The van der Waals surface area contributed by atoms with Crippen molar-refractivity contribution in [1.29, 1.82) is 0 Å². The molecule has 2 heterocycles. The Hall–Kier alpha value is -1.82. The Morgan fingerprint density at radius 1 is 0.962 bits per heavy atom. The summed E-state index contributed by atoms with van der Waals surface area (Å²) in [5.74, 6) is 1.82. The first-order valence-corrected chi connectivity index (χ1v) is 10.3. The van der Waals surface area contributed by atoms with Crippen LogP contribution in [0.4, 0.5) is 0 Å². The van der Waals surface area contributed by atoms with Crippen LogP contribution in [0.2, 0.25) is 5.02 Å². The van der Waals surface area contributed by atoms with Crippen molar-refractivity contribution >= 4 is 23.4 Å². The molecule has 0 saturated carbocycles. The van der Waals surface area contributed by atoms with E-state index in [9.17, 15) is 0 Å². The van der Waals surface area contributed by atoms with Crippen molar-refractivity contribution in [3.05, 3.63) is 71.0 Å². The Morgan fingerprint density at radius 3 is 2.54 bits per heavy atom. The molecule has 0 unspecified atom stereocenters. The summed E-state index contributed by atoms with van der Waals surface area (Å²) >= 11 is 7.80. The van der Waals surface area contributed by atoms with Crippen LogP contribution in [-0.2, 0) is 12.3 Å². The first-order chi connectivity index (χ1) is 12.8. The molecule has 1 aliphatic heterocycles. The van der Waals surface area contributed by atoms with Gasteiger partial charge in [-0.15, -0.1) is 10.2 Å². The summed E-state index contributed by atoms with van der Waals surface area (Å²) in [6.07, 6.45) is 2.55. The van der Waals surface area contributed by atoms with Crippen molar-refractivity contribution in [3.8, 4) is 5.69 Å². The molecule has 0 atom stereocenters. The monoisotopic (exact) mass is 384 g/mol. The Kier molecular flexibility index (Phi) is 5.58. The lowest BCUT2D eigenvalue weighted by molar-refractivity contribution is 0.319. The van der Waals surface area contributed by atoms with Gasteiger partial charge in [0, 0.05) is 16.5 Å². The molecule has 3 aromatic rings. The quantitative estimate of drug-likeness (QED) is 0.571. The zero-order chi connectivity index (χ0) is 17.8. The number of halogens is 1. The number of benzene rings is 2. The summed E-state index contributed by atoms with van der Waals surface area (Å²) in [5, 5.41) is 10.7. The molecule has 0 aliphatic carbocycles. The van der Waals surface area contributed by atoms with E-state index in [2.05, 4.69) is 50.0 Å². The molecule has 0 radical (unpaired) electrons. The molecule has 26 heavy (non-hydrogen) atoms. The van der Waals surface area contributed by atoms with Crippen LogP contribution in [0, 0.1) is 0 Å². The average Bonchev–Trinajstić information content (AvgIpc) is 3.31. The number of likely N-dealkylation sites (tertiary alicyclic amines) is 1. The van der Waals surface area contributed by atoms with Crippen LogP contribution in [0.3, 0.4) is 0 Å². The minimum absolute atomic E-state index is 0.766. The Morgan fingerprint density at radius 2 is 1.77 bits per heavy atom. The van der Waals surface area contributed by atoms with E-state index < -0.39 is 0 Å². The summed E-state index contributed by atoms with van der Waals surface area (Å²) in [5.41, 5.74) is 2.30. The summed E-state index contributed by atoms with van der Waals surface area (Å²) < 4.78 is 2.19. The van der Waals surface area contributed by atoms with Crippen LogP contribution >= 0.6 is 23.4 Å². The minimum atomic E-state index is 0.766. The topological polar surface area (TPSA) is 34.0 Å². The van der Waals surface area contributed by atoms with Crippen LogP contribution in [-0.4, -0.2) is 32.8 Å². The first kappa shape index (κ1) is 17.6. The van der Waals surface area contributed by atoms with Crippen LogP contribution in [0.5, 0.6) is 0 Å². The van der Waals surface area contributed by atoms with Crippen molar-refractivity contribution in [3.63, 3.8) is 0 Å². The van der Waals surface area contributed by atoms with Crippen molar-refractivity contribution in [2.24, 2.45) is 0 Å². The number of para-hydroxylation sites is 1. The van der Waals surface area contributed by atoms with E-state index in [4.69, 9.17) is 11.6 Å². The van der Waals surface area contributed by atoms with Gasteiger partial charge in [0.2, 0.25) is 0 Å². The number of hydrogen-bond donors (Lipinski definition) is 0. The van der Waals surface area contributed by atoms with Crippen molar-refractivity contribution in [1.82, 2.24) is 19.7 Å². The summed E-state index contributed by atoms with van der Waals surface area (Å²) in [6.45, 7) is 3.14. The molecular weight excluding hydrogens is 364 g/mol. The average molecular weight is 385 g/mol. The van der Waals surface area contributed by atoms with Crippen molar-refractivity contribution in [2.75, 3.05) is 13.1 Å². The molecule has 1 fully saturated rings. The van der Waals surface area contributed by atoms with Gasteiger partial charge in [0.1, 0.15) is 0 Å². The van der Waals surface area contributed by atoms with Gasteiger partial charge in [-0.25, -0.2) is 0 Å². The van der Waals surface area contributed by atoms with Gasteiger partial charge in [0.05, 0.1) is 6.54 Å². The fraction of sp³-hybridized carbons (Fsp3) is 0.300. The van der Waals surface area contributed by atoms with E-state index in [1.165, 1.54) is 18.4 Å². The van der Waals surface area contributed by atoms with Gasteiger partial charge in [-0.2, -0.15) is 0 Å². The highest BCUT2D eigenvalue weighted by molar-refractivity contribution is 7.98. The highest BCUT2D eigenvalue weighted by Crippen LogP contribution is 2.27. The van der Waals surface area contributed by atoms with Crippen LogP contribution < -0.4 is 0 Å². The maximum absolute atomic E-state index is 6.11. The number of aromatic nitrogens is 3. The molecule has 134 valence electrons. The van der Waals surface area contributed by atoms with E-state index >= 15 is 0 Å². The number of thioether (sulfide) groups is 1. The fourth-order valence-corrected chi connectivity index (χ4v) is 4.37. The van der Waals surface area contributed by atoms with Crippen molar-refractivity contribution in [2.45, 2.75) is 30.3 Å². The molecule has 4 rings (SSSR count). The smallest absolute Gasteiger partial charge is 0.196 e. The van der Waals surface area contributed by atoms with E-state index in [1.54, 1.807) is 11.8 Å². The van der Waals surface area contributed by atoms with Crippen LogP contribution in [0.1, 0.15) is 24.2 Å². The molecule has 2 aromatic carbocycles. The molecule has 1 saturated heterocycles. The van der Waals surface area contributed by atoms with Gasteiger partial charge in [0.25, 0.3) is 0 Å². The summed E-state index contributed by atoms with van der Waals surface area (Å²) in [6, 6.07) is 18.3. The maximum Gasteiger partial charge on any atom is 0.196 e. The summed E-state index contributed by atoms with van der Waals surface area (Å²) in [4.78, 5) is 2.45. The highest BCUT2D eigenvalue weighted by atomic mass is 35.5. The maximum atomic E-state index is 6.11. The normalized spacial score (nSPS) is 14.8.